The van der Waals surface area contributed by atoms with E-state index in [1.807, 2.05) is 18.2 Å². The summed E-state index contributed by atoms with van der Waals surface area (Å²) in [6.45, 7) is 3.24. The SMILES string of the molecule is O=Cc1ccc(CN2CCCC2)c(-c2ccc(O)c(C34CC5CC(CC(C5)C3)C4)c2)c1. The molecule has 1 N–H and O–H groups in total. The van der Waals surface area contributed by atoms with Gasteiger partial charge in [-0.25, -0.2) is 0 Å². The highest BCUT2D eigenvalue weighted by Gasteiger charge is 2.52. The number of hydrogen-bond acceptors (Lipinski definition) is 3. The van der Waals surface area contributed by atoms with E-state index in [1.165, 1.54) is 62.5 Å². The molecule has 0 unspecified atom stereocenters. The third kappa shape index (κ3) is 3.42. The van der Waals surface area contributed by atoms with E-state index in [0.29, 0.717) is 5.75 Å². The molecule has 5 aliphatic rings. The number of benzene rings is 2. The molecule has 0 aromatic heterocycles. The maximum absolute atomic E-state index is 11.5. The summed E-state index contributed by atoms with van der Waals surface area (Å²) < 4.78 is 0. The second-order valence-electron chi connectivity index (χ2n) is 10.9. The molecule has 3 heteroatoms. The zero-order valence-corrected chi connectivity index (χ0v) is 18.4. The van der Waals surface area contributed by atoms with Gasteiger partial charge >= 0.3 is 0 Å². The van der Waals surface area contributed by atoms with Gasteiger partial charge in [0.1, 0.15) is 12.0 Å². The molecule has 5 fully saturated rings. The van der Waals surface area contributed by atoms with Crippen LogP contribution in [0.5, 0.6) is 5.75 Å². The molecule has 2 aromatic rings. The van der Waals surface area contributed by atoms with Crippen molar-refractivity contribution in [2.45, 2.75) is 63.3 Å². The predicted octanol–water partition coefficient (Wildman–Crippen LogP) is 5.94. The van der Waals surface area contributed by atoms with Gasteiger partial charge in [0.2, 0.25) is 0 Å². The minimum absolute atomic E-state index is 0.159. The van der Waals surface area contributed by atoms with Gasteiger partial charge in [-0.05, 0) is 123 Å². The van der Waals surface area contributed by atoms with Crippen LogP contribution in [0.25, 0.3) is 11.1 Å². The Kier molecular flexibility index (Phi) is 4.72. The smallest absolute Gasteiger partial charge is 0.150 e. The quantitative estimate of drug-likeness (QED) is 0.615. The summed E-state index contributed by atoms with van der Waals surface area (Å²) >= 11 is 0. The highest BCUT2D eigenvalue weighted by Crippen LogP contribution is 2.62. The van der Waals surface area contributed by atoms with Gasteiger partial charge < -0.3 is 5.11 Å². The van der Waals surface area contributed by atoms with Crippen LogP contribution in [0.1, 0.15) is 72.9 Å². The molecule has 1 saturated heterocycles. The Morgan fingerprint density at radius 3 is 2.26 bits per heavy atom. The lowest BCUT2D eigenvalue weighted by atomic mass is 9.48. The monoisotopic (exact) mass is 415 g/mol. The third-order valence-corrected chi connectivity index (χ3v) is 8.78. The van der Waals surface area contributed by atoms with Crippen molar-refractivity contribution in [2.24, 2.45) is 17.8 Å². The number of phenols is 1. The van der Waals surface area contributed by atoms with Crippen molar-refractivity contribution in [1.29, 1.82) is 0 Å². The van der Waals surface area contributed by atoms with Crippen LogP contribution in [0, 0.1) is 17.8 Å². The number of carbonyl (C=O) groups excluding carboxylic acids is 1. The minimum Gasteiger partial charge on any atom is -0.508 e. The summed E-state index contributed by atoms with van der Waals surface area (Å²) in [7, 11) is 0. The summed E-state index contributed by atoms with van der Waals surface area (Å²) in [5, 5.41) is 11.0. The summed E-state index contributed by atoms with van der Waals surface area (Å²) in [5.74, 6) is 3.01. The van der Waals surface area contributed by atoms with E-state index in [2.05, 4.69) is 23.1 Å². The average Bonchev–Trinajstić information content (AvgIpc) is 3.26. The van der Waals surface area contributed by atoms with Crippen molar-refractivity contribution in [3.8, 4) is 16.9 Å². The highest BCUT2D eigenvalue weighted by atomic mass is 16.3. The first-order valence-corrected chi connectivity index (χ1v) is 12.3. The molecule has 3 nitrogen and oxygen atoms in total. The van der Waals surface area contributed by atoms with Crippen LogP contribution >= 0.6 is 0 Å². The number of phenolic OH excluding ortho intramolecular Hbond substituents is 1. The normalized spacial score (nSPS) is 31.9. The van der Waals surface area contributed by atoms with Gasteiger partial charge in [-0.3, -0.25) is 9.69 Å². The van der Waals surface area contributed by atoms with Crippen LogP contribution in [0.15, 0.2) is 36.4 Å². The second-order valence-corrected chi connectivity index (χ2v) is 10.9. The molecule has 4 bridgehead atoms. The van der Waals surface area contributed by atoms with Gasteiger partial charge in [0.05, 0.1) is 0 Å². The standard InChI is InChI=1S/C28H33NO2/c30-18-19-3-4-24(17-29-7-1-2-8-29)25(12-19)23-5-6-27(31)26(13-23)28-14-20-9-21(15-28)11-22(10-20)16-28/h3-6,12-13,18,20-22,31H,1-2,7-11,14-17H2. The van der Waals surface area contributed by atoms with E-state index < -0.39 is 0 Å². The molecule has 0 spiro atoms. The number of aromatic hydroxyl groups is 1. The van der Waals surface area contributed by atoms with E-state index in [-0.39, 0.29) is 5.41 Å². The van der Waals surface area contributed by atoms with Crippen LogP contribution in [0.3, 0.4) is 0 Å². The van der Waals surface area contributed by atoms with E-state index >= 15 is 0 Å². The third-order valence-electron chi connectivity index (χ3n) is 8.78. The van der Waals surface area contributed by atoms with Crippen LogP contribution < -0.4 is 0 Å². The molecule has 0 radical (unpaired) electrons. The van der Waals surface area contributed by atoms with Crippen molar-refractivity contribution in [2.75, 3.05) is 13.1 Å². The van der Waals surface area contributed by atoms with Gasteiger partial charge in [-0.1, -0.05) is 18.2 Å². The van der Waals surface area contributed by atoms with Crippen molar-refractivity contribution in [1.82, 2.24) is 4.90 Å². The number of likely N-dealkylation sites (tertiary alicyclic amines) is 1. The molecule has 162 valence electrons. The Morgan fingerprint density at radius 1 is 0.935 bits per heavy atom. The summed E-state index contributed by atoms with van der Waals surface area (Å²) in [5.41, 5.74) is 5.66. The number of aldehydes is 1. The molecule has 2 aromatic carbocycles. The molecule has 1 heterocycles. The van der Waals surface area contributed by atoms with Gasteiger partial charge in [0.25, 0.3) is 0 Å². The van der Waals surface area contributed by atoms with Crippen molar-refractivity contribution < 1.29 is 9.90 Å². The molecule has 1 aliphatic heterocycles. The zero-order valence-electron chi connectivity index (χ0n) is 18.4. The summed E-state index contributed by atoms with van der Waals surface area (Å²) in [4.78, 5) is 14.1. The lowest BCUT2D eigenvalue weighted by Gasteiger charge is -2.57. The molecule has 31 heavy (non-hydrogen) atoms. The fourth-order valence-electron chi connectivity index (χ4n) is 7.82. The summed E-state index contributed by atoms with van der Waals surface area (Å²) in [6.07, 6.45) is 11.4. The Hall–Kier alpha value is -2.13. The molecule has 4 aliphatic carbocycles. The van der Waals surface area contributed by atoms with E-state index in [0.717, 1.165) is 60.4 Å². The first kappa shape index (κ1) is 19.5. The van der Waals surface area contributed by atoms with Crippen molar-refractivity contribution >= 4 is 6.29 Å². The van der Waals surface area contributed by atoms with E-state index in [1.54, 1.807) is 0 Å². The van der Waals surface area contributed by atoms with E-state index in [4.69, 9.17) is 0 Å². The average molecular weight is 416 g/mol. The van der Waals surface area contributed by atoms with Crippen LogP contribution in [0.2, 0.25) is 0 Å². The Balaban J connectivity index is 1.41. The Morgan fingerprint density at radius 2 is 1.61 bits per heavy atom. The minimum atomic E-state index is 0.159. The van der Waals surface area contributed by atoms with Crippen LogP contribution in [-0.2, 0) is 12.0 Å². The topological polar surface area (TPSA) is 40.5 Å². The van der Waals surface area contributed by atoms with Gasteiger partial charge in [-0.15, -0.1) is 0 Å². The summed E-state index contributed by atoms with van der Waals surface area (Å²) in [6, 6.07) is 12.4. The lowest BCUT2D eigenvalue weighted by Crippen LogP contribution is -2.48. The van der Waals surface area contributed by atoms with Crippen molar-refractivity contribution in [3.63, 3.8) is 0 Å². The second kappa shape index (κ2) is 7.48. The number of hydrogen-bond donors (Lipinski definition) is 1. The predicted molar refractivity (Wildman–Crippen MR) is 123 cm³/mol. The maximum Gasteiger partial charge on any atom is 0.150 e. The first-order valence-electron chi connectivity index (χ1n) is 12.3. The Labute approximate surface area is 185 Å². The van der Waals surface area contributed by atoms with E-state index in [9.17, 15) is 9.90 Å². The highest BCUT2D eigenvalue weighted by molar-refractivity contribution is 5.80. The number of rotatable bonds is 5. The molecule has 7 rings (SSSR count). The molecule has 4 saturated carbocycles. The van der Waals surface area contributed by atoms with Gasteiger partial charge in [-0.2, -0.15) is 0 Å². The molecule has 0 atom stereocenters. The zero-order chi connectivity index (χ0) is 21.0. The van der Waals surface area contributed by atoms with Gasteiger partial charge in [0.15, 0.2) is 0 Å². The van der Waals surface area contributed by atoms with Gasteiger partial charge in [0, 0.05) is 17.7 Å². The number of nitrogens with zero attached hydrogens (tertiary/aromatic N) is 1. The van der Waals surface area contributed by atoms with Crippen LogP contribution in [0.4, 0.5) is 0 Å². The first-order chi connectivity index (χ1) is 15.1. The van der Waals surface area contributed by atoms with Crippen molar-refractivity contribution in [3.05, 3.63) is 53.1 Å². The van der Waals surface area contributed by atoms with Crippen LogP contribution in [-0.4, -0.2) is 29.4 Å². The number of carbonyl (C=O) groups is 1. The molecule has 0 amide bonds. The lowest BCUT2D eigenvalue weighted by molar-refractivity contribution is -0.00611. The fourth-order valence-corrected chi connectivity index (χ4v) is 7.82. The largest absolute Gasteiger partial charge is 0.508 e. The molecular weight excluding hydrogens is 382 g/mol. The maximum atomic E-state index is 11.5. The fraction of sp³-hybridized carbons (Fsp3) is 0.536. The molecular formula is C28H33NO2. The Bertz CT molecular complexity index is 969.